The standard InChI is InChI=1S/C14H12Cl2N4O3/c1-7-3-11(19-14(22)18-7)13(21)20-17-6-8-4-9(15)12(23-2)10(16)5-8/h3-6H,1-2H3,(H,20,21)(H,18,19,22)/b17-6+. The number of nitrogens with one attached hydrogen (secondary N) is 2. The van der Waals surface area contributed by atoms with E-state index in [1.807, 2.05) is 0 Å². The van der Waals surface area contributed by atoms with Gasteiger partial charge in [-0.15, -0.1) is 0 Å². The Kier molecular flexibility index (Phi) is 5.36. The Morgan fingerprint density at radius 3 is 2.57 bits per heavy atom. The number of aromatic nitrogens is 2. The second-order valence-electron chi connectivity index (χ2n) is 4.47. The van der Waals surface area contributed by atoms with Gasteiger partial charge in [-0.05, 0) is 30.7 Å². The van der Waals surface area contributed by atoms with Gasteiger partial charge in [-0.2, -0.15) is 10.1 Å². The quantitative estimate of drug-likeness (QED) is 0.649. The maximum absolute atomic E-state index is 11.9. The number of carbonyl (C=O) groups is 1. The van der Waals surface area contributed by atoms with E-state index in [1.54, 1.807) is 19.1 Å². The molecule has 0 unspecified atom stereocenters. The van der Waals surface area contributed by atoms with Crippen LogP contribution in [0.1, 0.15) is 21.7 Å². The highest BCUT2D eigenvalue weighted by atomic mass is 35.5. The third-order valence-corrected chi connectivity index (χ3v) is 3.28. The van der Waals surface area contributed by atoms with Crippen LogP contribution >= 0.6 is 23.2 Å². The summed E-state index contributed by atoms with van der Waals surface area (Å²) in [7, 11) is 1.46. The molecule has 0 aliphatic heterocycles. The summed E-state index contributed by atoms with van der Waals surface area (Å²) in [4.78, 5) is 29.1. The van der Waals surface area contributed by atoms with Crippen LogP contribution in [0, 0.1) is 6.92 Å². The molecule has 1 amide bonds. The summed E-state index contributed by atoms with van der Waals surface area (Å²) in [6.07, 6.45) is 1.36. The van der Waals surface area contributed by atoms with Crippen LogP contribution < -0.4 is 15.9 Å². The van der Waals surface area contributed by atoms with Crippen molar-refractivity contribution >= 4 is 35.3 Å². The van der Waals surface area contributed by atoms with Crippen molar-refractivity contribution in [3.63, 3.8) is 0 Å². The van der Waals surface area contributed by atoms with Gasteiger partial charge in [0.25, 0.3) is 5.91 Å². The predicted octanol–water partition coefficient (Wildman–Crippen LogP) is 2.16. The molecule has 2 aromatic rings. The lowest BCUT2D eigenvalue weighted by molar-refractivity contribution is 0.0949. The number of ether oxygens (including phenoxy) is 1. The Bertz CT molecular complexity index is 810. The van der Waals surface area contributed by atoms with Crippen LogP contribution in [0.2, 0.25) is 10.0 Å². The number of hydrogen-bond acceptors (Lipinski definition) is 5. The molecule has 120 valence electrons. The van der Waals surface area contributed by atoms with E-state index in [0.717, 1.165) is 0 Å². The fourth-order valence-corrected chi connectivity index (χ4v) is 2.43. The summed E-state index contributed by atoms with van der Waals surface area (Å²) in [5.74, 6) is -0.251. The molecule has 0 aliphatic rings. The van der Waals surface area contributed by atoms with Gasteiger partial charge in [0, 0.05) is 5.69 Å². The van der Waals surface area contributed by atoms with E-state index in [1.165, 1.54) is 19.4 Å². The van der Waals surface area contributed by atoms with Gasteiger partial charge in [0.15, 0.2) is 5.75 Å². The molecule has 2 N–H and O–H groups in total. The highest BCUT2D eigenvalue weighted by Gasteiger charge is 2.09. The summed E-state index contributed by atoms with van der Waals surface area (Å²) in [5.41, 5.74) is 2.72. The summed E-state index contributed by atoms with van der Waals surface area (Å²) >= 11 is 12.0. The summed E-state index contributed by atoms with van der Waals surface area (Å²) < 4.78 is 5.03. The van der Waals surface area contributed by atoms with Crippen LogP contribution in [0.15, 0.2) is 28.1 Å². The minimum atomic E-state index is -0.610. The first kappa shape index (κ1) is 17.0. The molecule has 0 atom stereocenters. The fourth-order valence-electron chi connectivity index (χ4n) is 1.77. The molecule has 0 saturated heterocycles. The Morgan fingerprint density at radius 2 is 2.00 bits per heavy atom. The summed E-state index contributed by atoms with van der Waals surface area (Å²) in [5, 5.41) is 4.42. The average Bonchev–Trinajstić information content (AvgIpc) is 2.45. The number of carbonyl (C=O) groups excluding carboxylic acids is 1. The highest BCUT2D eigenvalue weighted by Crippen LogP contribution is 2.33. The van der Waals surface area contributed by atoms with Crippen LogP contribution in [-0.2, 0) is 0 Å². The molecule has 0 bridgehead atoms. The monoisotopic (exact) mass is 354 g/mol. The lowest BCUT2D eigenvalue weighted by Crippen LogP contribution is -2.24. The largest absolute Gasteiger partial charge is 0.494 e. The number of aryl methyl sites for hydroxylation is 1. The van der Waals surface area contributed by atoms with E-state index >= 15 is 0 Å². The Labute approximate surface area is 141 Å². The van der Waals surface area contributed by atoms with Crippen molar-refractivity contribution in [3.05, 3.63) is 55.7 Å². The molecule has 1 aromatic carbocycles. The van der Waals surface area contributed by atoms with Gasteiger partial charge in [-0.1, -0.05) is 23.2 Å². The molecule has 0 radical (unpaired) electrons. The number of hydrazone groups is 1. The van der Waals surface area contributed by atoms with Crippen LogP contribution in [0.5, 0.6) is 5.75 Å². The van der Waals surface area contributed by atoms with Gasteiger partial charge >= 0.3 is 5.69 Å². The number of rotatable bonds is 4. The molecule has 0 spiro atoms. The van der Waals surface area contributed by atoms with Crippen molar-refractivity contribution in [3.8, 4) is 5.75 Å². The zero-order chi connectivity index (χ0) is 17.0. The SMILES string of the molecule is COc1c(Cl)cc(/C=N/NC(=O)c2cc(C)[nH]c(=O)n2)cc1Cl. The minimum absolute atomic E-state index is 0.0332. The molecule has 0 saturated carbocycles. The molecule has 23 heavy (non-hydrogen) atoms. The number of H-pyrrole nitrogens is 1. The number of benzene rings is 1. The molecule has 1 aromatic heterocycles. The van der Waals surface area contributed by atoms with Gasteiger partial charge in [-0.3, -0.25) is 4.79 Å². The zero-order valence-corrected chi connectivity index (χ0v) is 13.7. The Hall–Kier alpha value is -2.38. The lowest BCUT2D eigenvalue weighted by atomic mass is 10.2. The van der Waals surface area contributed by atoms with Gasteiger partial charge in [0.2, 0.25) is 0 Å². The maximum Gasteiger partial charge on any atom is 0.345 e. The molecule has 0 fully saturated rings. The average molecular weight is 355 g/mol. The summed E-state index contributed by atoms with van der Waals surface area (Å²) in [6, 6.07) is 4.60. The Balaban J connectivity index is 2.12. The first-order valence-electron chi connectivity index (χ1n) is 6.35. The number of hydrogen-bond donors (Lipinski definition) is 2. The van der Waals surface area contributed by atoms with E-state index in [9.17, 15) is 9.59 Å². The van der Waals surface area contributed by atoms with E-state index in [0.29, 0.717) is 27.1 Å². The van der Waals surface area contributed by atoms with Gasteiger partial charge in [0.05, 0.1) is 23.4 Å². The predicted molar refractivity (Wildman–Crippen MR) is 87.7 cm³/mol. The van der Waals surface area contributed by atoms with E-state index in [2.05, 4.69) is 20.5 Å². The van der Waals surface area contributed by atoms with Crippen LogP contribution in [0.3, 0.4) is 0 Å². The fraction of sp³-hybridized carbons (Fsp3) is 0.143. The number of amides is 1. The smallest absolute Gasteiger partial charge is 0.345 e. The molecule has 9 heteroatoms. The first-order valence-corrected chi connectivity index (χ1v) is 7.10. The number of aromatic amines is 1. The second-order valence-corrected chi connectivity index (χ2v) is 5.29. The van der Waals surface area contributed by atoms with Crippen molar-refractivity contribution in [1.29, 1.82) is 0 Å². The van der Waals surface area contributed by atoms with Gasteiger partial charge in [-0.25, -0.2) is 10.2 Å². The molecule has 7 nitrogen and oxygen atoms in total. The molecular formula is C14H12Cl2N4O3. The third kappa shape index (κ3) is 4.30. The van der Waals surface area contributed by atoms with Crippen LogP contribution in [0.25, 0.3) is 0 Å². The number of methoxy groups -OCH3 is 1. The van der Waals surface area contributed by atoms with E-state index in [4.69, 9.17) is 27.9 Å². The number of nitrogens with zero attached hydrogens (tertiary/aromatic N) is 2. The maximum atomic E-state index is 11.9. The van der Waals surface area contributed by atoms with Crippen molar-refractivity contribution in [2.45, 2.75) is 6.92 Å². The van der Waals surface area contributed by atoms with Crippen molar-refractivity contribution < 1.29 is 9.53 Å². The Morgan fingerprint density at radius 1 is 1.35 bits per heavy atom. The lowest BCUT2D eigenvalue weighted by Gasteiger charge is -2.06. The summed E-state index contributed by atoms with van der Waals surface area (Å²) in [6.45, 7) is 1.64. The topological polar surface area (TPSA) is 96.4 Å². The third-order valence-electron chi connectivity index (χ3n) is 2.72. The second kappa shape index (κ2) is 7.26. The van der Waals surface area contributed by atoms with Crippen molar-refractivity contribution in [1.82, 2.24) is 15.4 Å². The van der Waals surface area contributed by atoms with E-state index < -0.39 is 11.6 Å². The van der Waals surface area contributed by atoms with Gasteiger partial charge < -0.3 is 9.72 Å². The van der Waals surface area contributed by atoms with Crippen LogP contribution in [0.4, 0.5) is 0 Å². The van der Waals surface area contributed by atoms with Gasteiger partial charge in [0.1, 0.15) is 5.69 Å². The molecule has 2 rings (SSSR count). The number of halogens is 2. The molecular weight excluding hydrogens is 343 g/mol. The van der Waals surface area contributed by atoms with Crippen molar-refractivity contribution in [2.24, 2.45) is 5.10 Å². The van der Waals surface area contributed by atoms with Crippen LogP contribution in [-0.4, -0.2) is 29.2 Å². The molecule has 0 aliphatic carbocycles. The minimum Gasteiger partial charge on any atom is -0.494 e. The van der Waals surface area contributed by atoms with E-state index in [-0.39, 0.29) is 5.69 Å². The zero-order valence-electron chi connectivity index (χ0n) is 12.2. The molecule has 1 heterocycles. The normalized spacial score (nSPS) is 10.8. The highest BCUT2D eigenvalue weighted by molar-refractivity contribution is 6.37. The first-order chi connectivity index (χ1) is 10.9. The van der Waals surface area contributed by atoms with Crippen molar-refractivity contribution in [2.75, 3.05) is 7.11 Å².